The van der Waals surface area contributed by atoms with E-state index in [1.54, 1.807) is 0 Å². The summed E-state index contributed by atoms with van der Waals surface area (Å²) in [4.78, 5) is 6.32. The van der Waals surface area contributed by atoms with E-state index >= 15 is 0 Å². The van der Waals surface area contributed by atoms with Crippen LogP contribution in [-0.4, -0.2) is 28.1 Å². The Labute approximate surface area is 77.9 Å². The first-order valence-electron chi connectivity index (χ1n) is 4.54. The summed E-state index contributed by atoms with van der Waals surface area (Å²) in [7, 11) is 0. The maximum absolute atomic E-state index is 5.36. The van der Waals surface area contributed by atoms with Crippen molar-refractivity contribution in [2.75, 3.05) is 13.1 Å². The first-order valence-corrected chi connectivity index (χ1v) is 4.54. The van der Waals surface area contributed by atoms with Crippen LogP contribution in [0.3, 0.4) is 0 Å². The van der Waals surface area contributed by atoms with Gasteiger partial charge in [0.25, 0.3) is 0 Å². The summed E-state index contributed by atoms with van der Waals surface area (Å²) in [6.45, 7) is 7.21. The summed E-state index contributed by atoms with van der Waals surface area (Å²) in [6.07, 6.45) is 0. The minimum absolute atomic E-state index is 0.335. The van der Waals surface area contributed by atoms with Gasteiger partial charge in [0.1, 0.15) is 0 Å². The van der Waals surface area contributed by atoms with Gasteiger partial charge >= 0.3 is 0 Å². The van der Waals surface area contributed by atoms with Crippen molar-refractivity contribution in [3.63, 3.8) is 0 Å². The van der Waals surface area contributed by atoms with Crippen molar-refractivity contribution in [2.45, 2.75) is 26.9 Å². The van der Waals surface area contributed by atoms with E-state index in [-0.39, 0.29) is 0 Å². The van der Waals surface area contributed by atoms with Crippen LogP contribution in [0.4, 0.5) is 0 Å². The molecule has 0 fully saturated rings. The Morgan fingerprint density at radius 1 is 1.38 bits per heavy atom. The summed E-state index contributed by atoms with van der Waals surface area (Å²) < 4.78 is 5.01. The molecular formula is C8H16N4O. The maximum Gasteiger partial charge on any atom is 0.240 e. The minimum atomic E-state index is 0.335. The molecule has 1 heterocycles. The smallest absolute Gasteiger partial charge is 0.240 e. The second-order valence-corrected chi connectivity index (χ2v) is 2.77. The monoisotopic (exact) mass is 184 g/mol. The summed E-state index contributed by atoms with van der Waals surface area (Å²) in [5.41, 5.74) is 5.36. The standard InChI is InChI=1S/C8H16N4O/c1-3-12(4-2)6-8-10-7(5-9)11-13-8/h3-6,9H2,1-2H3. The number of rotatable bonds is 5. The molecule has 1 rings (SSSR count). The van der Waals surface area contributed by atoms with Crippen LogP contribution >= 0.6 is 0 Å². The number of aromatic nitrogens is 2. The highest BCUT2D eigenvalue weighted by molar-refractivity contribution is 4.84. The number of hydrogen-bond acceptors (Lipinski definition) is 5. The van der Waals surface area contributed by atoms with E-state index in [1.165, 1.54) is 0 Å². The van der Waals surface area contributed by atoms with E-state index in [0.717, 1.165) is 13.1 Å². The van der Waals surface area contributed by atoms with Gasteiger partial charge in [-0.3, -0.25) is 4.90 Å². The highest BCUT2D eigenvalue weighted by Crippen LogP contribution is 2.01. The molecule has 0 aliphatic heterocycles. The summed E-state index contributed by atoms with van der Waals surface area (Å²) >= 11 is 0. The van der Waals surface area contributed by atoms with Gasteiger partial charge in [0.05, 0.1) is 13.1 Å². The third-order valence-corrected chi connectivity index (χ3v) is 1.95. The molecule has 0 saturated heterocycles. The molecule has 0 radical (unpaired) electrons. The van der Waals surface area contributed by atoms with Gasteiger partial charge in [0, 0.05) is 0 Å². The van der Waals surface area contributed by atoms with Gasteiger partial charge in [-0.2, -0.15) is 4.98 Å². The fourth-order valence-corrected chi connectivity index (χ4v) is 1.08. The number of nitrogens with zero attached hydrogens (tertiary/aromatic N) is 3. The molecular weight excluding hydrogens is 168 g/mol. The zero-order valence-corrected chi connectivity index (χ0v) is 8.16. The quantitative estimate of drug-likeness (QED) is 0.716. The Morgan fingerprint density at radius 2 is 2.08 bits per heavy atom. The predicted molar refractivity (Wildman–Crippen MR) is 48.8 cm³/mol. The second kappa shape index (κ2) is 4.94. The van der Waals surface area contributed by atoms with Gasteiger partial charge in [-0.15, -0.1) is 0 Å². The zero-order chi connectivity index (χ0) is 9.68. The molecule has 2 N–H and O–H groups in total. The van der Waals surface area contributed by atoms with Crippen molar-refractivity contribution in [1.29, 1.82) is 0 Å². The molecule has 0 atom stereocenters. The van der Waals surface area contributed by atoms with Crippen LogP contribution < -0.4 is 5.73 Å². The van der Waals surface area contributed by atoms with E-state index in [1.807, 2.05) is 0 Å². The van der Waals surface area contributed by atoms with Crippen molar-refractivity contribution >= 4 is 0 Å². The van der Waals surface area contributed by atoms with E-state index in [9.17, 15) is 0 Å². The van der Waals surface area contributed by atoms with Gasteiger partial charge in [0.2, 0.25) is 5.89 Å². The van der Waals surface area contributed by atoms with Crippen LogP contribution in [0.15, 0.2) is 4.52 Å². The lowest BCUT2D eigenvalue weighted by atomic mass is 10.4. The van der Waals surface area contributed by atoms with E-state index < -0.39 is 0 Å². The molecule has 0 bridgehead atoms. The highest BCUT2D eigenvalue weighted by atomic mass is 16.5. The molecule has 0 spiro atoms. The summed E-state index contributed by atoms with van der Waals surface area (Å²) in [5, 5.41) is 3.72. The summed E-state index contributed by atoms with van der Waals surface area (Å²) in [5.74, 6) is 1.21. The Morgan fingerprint density at radius 3 is 2.54 bits per heavy atom. The highest BCUT2D eigenvalue weighted by Gasteiger charge is 2.07. The first-order chi connectivity index (χ1) is 6.30. The topological polar surface area (TPSA) is 68.2 Å². The average Bonchev–Trinajstić information content (AvgIpc) is 2.61. The Balaban J connectivity index is 2.52. The van der Waals surface area contributed by atoms with Crippen LogP contribution in [0.25, 0.3) is 0 Å². The van der Waals surface area contributed by atoms with Gasteiger partial charge < -0.3 is 10.3 Å². The van der Waals surface area contributed by atoms with Crippen LogP contribution in [0, 0.1) is 0 Å². The molecule has 0 amide bonds. The predicted octanol–water partition coefficient (Wildman–Crippen LogP) is 0.370. The van der Waals surface area contributed by atoms with Crippen molar-refractivity contribution in [2.24, 2.45) is 5.73 Å². The molecule has 1 aromatic rings. The lowest BCUT2D eigenvalue weighted by Crippen LogP contribution is -2.22. The molecule has 5 nitrogen and oxygen atoms in total. The molecule has 0 aliphatic carbocycles. The van der Waals surface area contributed by atoms with Crippen molar-refractivity contribution in [3.05, 3.63) is 11.7 Å². The maximum atomic E-state index is 5.36. The molecule has 1 aromatic heterocycles. The molecule has 13 heavy (non-hydrogen) atoms. The largest absolute Gasteiger partial charge is 0.338 e. The Hall–Kier alpha value is -0.940. The van der Waals surface area contributed by atoms with Crippen LogP contribution in [0.1, 0.15) is 25.6 Å². The van der Waals surface area contributed by atoms with E-state index in [2.05, 4.69) is 28.9 Å². The molecule has 74 valence electrons. The molecule has 0 saturated carbocycles. The van der Waals surface area contributed by atoms with Crippen LogP contribution in [-0.2, 0) is 13.1 Å². The van der Waals surface area contributed by atoms with Gasteiger partial charge in [-0.05, 0) is 13.1 Å². The Bertz CT molecular complexity index is 244. The number of nitrogens with two attached hydrogens (primary N) is 1. The fraction of sp³-hybridized carbons (Fsp3) is 0.750. The second-order valence-electron chi connectivity index (χ2n) is 2.77. The number of hydrogen-bond donors (Lipinski definition) is 1. The Kier molecular flexibility index (Phi) is 3.85. The van der Waals surface area contributed by atoms with Gasteiger partial charge in [-0.25, -0.2) is 0 Å². The summed E-state index contributed by atoms with van der Waals surface area (Å²) in [6, 6.07) is 0. The zero-order valence-electron chi connectivity index (χ0n) is 8.16. The third kappa shape index (κ3) is 2.78. The molecule has 0 aromatic carbocycles. The SMILES string of the molecule is CCN(CC)Cc1nc(CN)no1. The fourth-order valence-electron chi connectivity index (χ4n) is 1.08. The van der Waals surface area contributed by atoms with E-state index in [4.69, 9.17) is 10.3 Å². The minimum Gasteiger partial charge on any atom is -0.338 e. The van der Waals surface area contributed by atoms with Gasteiger partial charge in [0.15, 0.2) is 5.82 Å². The van der Waals surface area contributed by atoms with Crippen molar-refractivity contribution in [1.82, 2.24) is 15.0 Å². The molecule has 5 heteroatoms. The van der Waals surface area contributed by atoms with Crippen LogP contribution in [0.2, 0.25) is 0 Å². The van der Waals surface area contributed by atoms with E-state index in [0.29, 0.717) is 24.8 Å². The molecule has 0 aliphatic rings. The van der Waals surface area contributed by atoms with Crippen molar-refractivity contribution in [3.8, 4) is 0 Å². The average molecular weight is 184 g/mol. The van der Waals surface area contributed by atoms with Crippen LogP contribution in [0.5, 0.6) is 0 Å². The third-order valence-electron chi connectivity index (χ3n) is 1.95. The molecule has 0 unspecified atom stereocenters. The van der Waals surface area contributed by atoms with Gasteiger partial charge in [-0.1, -0.05) is 19.0 Å². The lowest BCUT2D eigenvalue weighted by Gasteiger charge is -2.14. The normalized spacial score (nSPS) is 11.1. The van der Waals surface area contributed by atoms with Crippen molar-refractivity contribution < 1.29 is 4.52 Å². The first kappa shape index (κ1) is 10.1. The lowest BCUT2D eigenvalue weighted by molar-refractivity contribution is 0.246.